The Morgan fingerprint density at radius 2 is 1.44 bits per heavy atom. The SMILES string of the molecule is CC[C@H]1CN2CCC3(Nc4cccc(OC)c4C3=O)[C@@H]2C[C@H]1CC(=O)OC.CC[C@H]1CN2CC[C@@]3(O)C(=Nc4cccc(OC)c43)[C@@H]2C[C@H]1CC(=O)OC. The number of benzene rings is 2. The van der Waals surface area contributed by atoms with Crippen LogP contribution in [0.1, 0.15) is 81.1 Å². The number of carbonyl (C=O) groups is 3. The number of ether oxygens (including phenoxy) is 4. The molecule has 0 aliphatic carbocycles. The van der Waals surface area contributed by atoms with E-state index < -0.39 is 11.1 Å². The van der Waals surface area contributed by atoms with Gasteiger partial charge < -0.3 is 29.4 Å². The first-order valence-electron chi connectivity index (χ1n) is 19.7. The highest BCUT2D eigenvalue weighted by atomic mass is 16.5. The lowest BCUT2D eigenvalue weighted by Crippen LogP contribution is -2.60. The van der Waals surface area contributed by atoms with Crippen molar-refractivity contribution in [1.82, 2.24) is 9.80 Å². The summed E-state index contributed by atoms with van der Waals surface area (Å²) in [6.45, 7) is 7.96. The number of Topliss-reactive ketones (excluding diaryl/α,β-unsaturated/α-hetero) is 1. The Hall–Kier alpha value is -4.00. The fourth-order valence-corrected chi connectivity index (χ4v) is 10.6. The molecule has 12 heteroatoms. The first-order valence-corrected chi connectivity index (χ1v) is 19.7. The zero-order valence-corrected chi connectivity index (χ0v) is 32.6. The molecule has 0 aromatic heterocycles. The molecule has 8 atom stereocenters. The molecule has 0 amide bonds. The molecule has 2 aromatic carbocycles. The topological polar surface area (TPSA) is 139 Å². The summed E-state index contributed by atoms with van der Waals surface area (Å²) in [7, 11) is 6.13. The minimum Gasteiger partial charge on any atom is -0.496 e. The average molecular weight is 745 g/mol. The van der Waals surface area contributed by atoms with Crippen molar-refractivity contribution in [2.24, 2.45) is 28.7 Å². The van der Waals surface area contributed by atoms with E-state index in [1.54, 1.807) is 14.2 Å². The smallest absolute Gasteiger partial charge is 0.305 e. The molecule has 8 rings (SSSR count). The van der Waals surface area contributed by atoms with Crippen LogP contribution in [0, 0.1) is 23.7 Å². The van der Waals surface area contributed by atoms with E-state index in [0.717, 1.165) is 80.9 Å². The zero-order valence-electron chi connectivity index (χ0n) is 32.6. The monoisotopic (exact) mass is 744 g/mol. The van der Waals surface area contributed by atoms with E-state index in [2.05, 4.69) is 29.0 Å². The van der Waals surface area contributed by atoms with Gasteiger partial charge >= 0.3 is 11.9 Å². The summed E-state index contributed by atoms with van der Waals surface area (Å²) in [6, 6.07) is 11.6. The summed E-state index contributed by atoms with van der Waals surface area (Å²) in [6.07, 6.45) is 6.00. The maximum Gasteiger partial charge on any atom is 0.305 e. The van der Waals surface area contributed by atoms with E-state index in [4.69, 9.17) is 23.9 Å². The fraction of sp³-hybridized carbons (Fsp3) is 0.619. The molecule has 2 aromatic rings. The molecule has 292 valence electrons. The quantitative estimate of drug-likeness (QED) is 0.337. The minimum absolute atomic E-state index is 0.0540. The zero-order chi connectivity index (χ0) is 38.4. The Balaban J connectivity index is 0.000000167. The summed E-state index contributed by atoms with van der Waals surface area (Å²) >= 11 is 0. The van der Waals surface area contributed by atoms with Crippen molar-refractivity contribution in [2.45, 2.75) is 88.4 Å². The summed E-state index contributed by atoms with van der Waals surface area (Å²) in [5.41, 5.74) is 2.27. The number of esters is 2. The van der Waals surface area contributed by atoms with Crippen LogP contribution in [0.4, 0.5) is 11.4 Å². The first kappa shape index (κ1) is 38.3. The number of rotatable bonds is 8. The van der Waals surface area contributed by atoms with Gasteiger partial charge in [0.15, 0.2) is 5.78 Å². The van der Waals surface area contributed by atoms with Crippen molar-refractivity contribution in [2.75, 3.05) is 59.9 Å². The normalized spacial score (nSPS) is 32.1. The van der Waals surface area contributed by atoms with Crippen LogP contribution >= 0.6 is 0 Å². The van der Waals surface area contributed by atoms with Crippen molar-refractivity contribution in [1.29, 1.82) is 0 Å². The van der Waals surface area contributed by atoms with Crippen LogP contribution in [0.25, 0.3) is 0 Å². The van der Waals surface area contributed by atoms with Crippen molar-refractivity contribution in [3.05, 3.63) is 47.5 Å². The standard InChI is InChI=1S/2C21H28N2O4/c1-4-13-12-23-9-8-21(25)19-15(6-5-7-17(19)26-2)22-20(21)16(23)10-14(13)11-18(24)27-3;1-4-13-12-23-9-8-21(17(23)10-14(13)11-18(24)27-3)20(25)19-15(22-21)6-5-7-16(19)26-2/h5-7,13-14,16,25H,4,8-12H2,1-3H3;5-7,13-14,17,22H,4,8-12H2,1-3H3/t13-,14-,16-,21-;13-,14-,17-,21?/m00/s1. The molecule has 0 radical (unpaired) electrons. The molecule has 1 spiro atoms. The Bertz CT molecular complexity index is 1800. The number of methoxy groups -OCH3 is 4. The van der Waals surface area contributed by atoms with Gasteiger partial charge in [-0.1, -0.05) is 38.8 Å². The van der Waals surface area contributed by atoms with E-state index in [1.165, 1.54) is 14.2 Å². The number of anilines is 1. The van der Waals surface area contributed by atoms with Crippen molar-refractivity contribution < 1.29 is 38.4 Å². The molecule has 54 heavy (non-hydrogen) atoms. The van der Waals surface area contributed by atoms with Crippen LogP contribution in [0.5, 0.6) is 11.5 Å². The second-order valence-electron chi connectivity index (χ2n) is 15.9. The Kier molecular flexibility index (Phi) is 10.8. The largest absolute Gasteiger partial charge is 0.496 e. The van der Waals surface area contributed by atoms with Gasteiger partial charge in [0.1, 0.15) is 22.6 Å². The van der Waals surface area contributed by atoms with E-state index in [1.807, 2.05) is 36.4 Å². The Labute approximate surface area is 318 Å². The number of piperidine rings is 3. The van der Waals surface area contributed by atoms with E-state index in [0.29, 0.717) is 48.2 Å². The Morgan fingerprint density at radius 3 is 2.09 bits per heavy atom. The van der Waals surface area contributed by atoms with Crippen molar-refractivity contribution in [3.63, 3.8) is 0 Å². The predicted molar refractivity (Wildman–Crippen MR) is 205 cm³/mol. The van der Waals surface area contributed by atoms with E-state index in [-0.39, 0.29) is 41.6 Å². The van der Waals surface area contributed by atoms with Crippen LogP contribution in [0.15, 0.2) is 41.4 Å². The number of aliphatic hydroxyl groups is 1. The molecule has 6 aliphatic rings. The lowest BCUT2D eigenvalue weighted by Gasteiger charge is -2.50. The van der Waals surface area contributed by atoms with E-state index in [9.17, 15) is 19.5 Å². The van der Waals surface area contributed by atoms with Gasteiger partial charge in [0.05, 0.1) is 57.0 Å². The second kappa shape index (κ2) is 15.3. The number of nitrogens with zero attached hydrogens (tertiary/aromatic N) is 3. The number of nitrogens with one attached hydrogen (secondary N) is 1. The third-order valence-electron chi connectivity index (χ3n) is 13.5. The molecule has 12 nitrogen and oxygen atoms in total. The number of hydrogen-bond acceptors (Lipinski definition) is 12. The molecule has 0 saturated carbocycles. The average Bonchev–Trinajstić information content (AvgIpc) is 3.82. The lowest BCUT2D eigenvalue weighted by molar-refractivity contribution is -0.143. The molecular formula is C42H56N4O8. The van der Waals surface area contributed by atoms with Crippen LogP contribution in [-0.4, -0.2) is 111 Å². The van der Waals surface area contributed by atoms with Gasteiger partial charge in [0.2, 0.25) is 0 Å². The number of fused-ring (bicyclic) bond motifs is 8. The van der Waals surface area contributed by atoms with Gasteiger partial charge in [-0.3, -0.25) is 29.2 Å². The minimum atomic E-state index is -1.07. The maximum absolute atomic E-state index is 13.5. The summed E-state index contributed by atoms with van der Waals surface area (Å²) in [5.74, 6) is 2.57. The molecule has 4 fully saturated rings. The van der Waals surface area contributed by atoms with Crippen molar-refractivity contribution >= 4 is 34.8 Å². The van der Waals surface area contributed by atoms with Crippen LogP contribution in [0.3, 0.4) is 0 Å². The van der Waals surface area contributed by atoms with Crippen molar-refractivity contribution in [3.8, 4) is 11.5 Å². The number of aliphatic imine (C=N–C) groups is 1. The fourth-order valence-electron chi connectivity index (χ4n) is 10.6. The number of ketones is 1. The molecule has 1 unspecified atom stereocenters. The Morgan fingerprint density at radius 1 is 0.833 bits per heavy atom. The predicted octanol–water partition coefficient (Wildman–Crippen LogP) is 5.38. The van der Waals surface area contributed by atoms with Gasteiger partial charge in [0.25, 0.3) is 0 Å². The molecule has 4 saturated heterocycles. The molecule has 0 bridgehead atoms. The highest BCUT2D eigenvalue weighted by Gasteiger charge is 2.59. The molecule has 6 aliphatic heterocycles. The highest BCUT2D eigenvalue weighted by molar-refractivity contribution is 6.16. The third kappa shape index (κ3) is 6.37. The van der Waals surface area contributed by atoms with Gasteiger partial charge in [0, 0.05) is 50.7 Å². The number of hydrogen-bond donors (Lipinski definition) is 2. The van der Waals surface area contributed by atoms with Crippen LogP contribution in [-0.2, 0) is 24.7 Å². The highest BCUT2D eigenvalue weighted by Crippen LogP contribution is 2.52. The summed E-state index contributed by atoms with van der Waals surface area (Å²) in [5, 5.41) is 15.2. The summed E-state index contributed by atoms with van der Waals surface area (Å²) in [4.78, 5) is 47.1. The van der Waals surface area contributed by atoms with Crippen LogP contribution < -0.4 is 14.8 Å². The summed E-state index contributed by atoms with van der Waals surface area (Å²) < 4.78 is 20.8. The van der Waals surface area contributed by atoms with E-state index >= 15 is 0 Å². The molecule has 2 N–H and O–H groups in total. The molecular weight excluding hydrogens is 688 g/mol. The third-order valence-corrected chi connectivity index (χ3v) is 13.5. The number of carbonyl (C=O) groups excluding carboxylic acids is 3. The van der Waals surface area contributed by atoms with Crippen LogP contribution in [0.2, 0.25) is 0 Å². The first-order chi connectivity index (χ1) is 26.0. The van der Waals surface area contributed by atoms with Gasteiger partial charge in [-0.2, -0.15) is 0 Å². The van der Waals surface area contributed by atoms with Gasteiger partial charge in [-0.15, -0.1) is 0 Å². The maximum atomic E-state index is 13.5. The van der Waals surface area contributed by atoms with Gasteiger partial charge in [-0.25, -0.2) is 0 Å². The lowest BCUT2D eigenvalue weighted by atomic mass is 9.71. The molecule has 6 heterocycles. The second-order valence-corrected chi connectivity index (χ2v) is 15.9. The van der Waals surface area contributed by atoms with Gasteiger partial charge in [-0.05, 0) is 73.6 Å².